The van der Waals surface area contributed by atoms with Gasteiger partial charge < -0.3 is 9.80 Å². The number of para-hydroxylation sites is 1. The van der Waals surface area contributed by atoms with Gasteiger partial charge >= 0.3 is 0 Å². The lowest BCUT2D eigenvalue weighted by molar-refractivity contribution is -0.130. The SMILES string of the molecule is CC(=O)N1CCN(C(=O)c2c(CC(C)C)nn(-c3ccccc3Cl)c2C(C)C)CC1. The standard InChI is InChI=1S/C23H31ClN4O2/c1-15(2)14-19-21(23(30)27-12-10-26(11-13-27)17(5)29)22(16(3)4)28(25-19)20-9-7-6-8-18(20)24/h6-9,15-16H,10-14H2,1-5H3. The third-order valence-corrected chi connectivity index (χ3v) is 5.77. The Morgan fingerprint density at radius 1 is 1.03 bits per heavy atom. The highest BCUT2D eigenvalue weighted by atomic mass is 35.5. The number of hydrogen-bond donors (Lipinski definition) is 0. The van der Waals surface area contributed by atoms with E-state index in [1.165, 1.54) is 0 Å². The van der Waals surface area contributed by atoms with Crippen molar-refractivity contribution < 1.29 is 9.59 Å². The Labute approximate surface area is 183 Å². The van der Waals surface area contributed by atoms with Crippen molar-refractivity contribution in [2.45, 2.75) is 47.0 Å². The molecule has 0 aliphatic carbocycles. The van der Waals surface area contributed by atoms with E-state index in [0.717, 1.165) is 17.1 Å². The Kier molecular flexibility index (Phi) is 6.86. The van der Waals surface area contributed by atoms with E-state index in [0.29, 0.717) is 49.1 Å². The van der Waals surface area contributed by atoms with Gasteiger partial charge in [-0.15, -0.1) is 0 Å². The van der Waals surface area contributed by atoms with Gasteiger partial charge in [0.15, 0.2) is 0 Å². The summed E-state index contributed by atoms with van der Waals surface area (Å²) >= 11 is 6.48. The van der Waals surface area contributed by atoms with Crippen LogP contribution >= 0.6 is 11.6 Å². The first-order valence-electron chi connectivity index (χ1n) is 10.6. The Hall–Kier alpha value is -2.34. The Bertz CT molecular complexity index is 927. The lowest BCUT2D eigenvalue weighted by Gasteiger charge is -2.34. The number of nitrogens with zero attached hydrogens (tertiary/aromatic N) is 4. The van der Waals surface area contributed by atoms with Crippen molar-refractivity contribution in [1.29, 1.82) is 0 Å². The first-order chi connectivity index (χ1) is 14.2. The Morgan fingerprint density at radius 2 is 1.63 bits per heavy atom. The maximum Gasteiger partial charge on any atom is 0.257 e. The van der Waals surface area contributed by atoms with Crippen LogP contribution in [0.4, 0.5) is 0 Å². The number of carbonyl (C=O) groups is 2. The number of benzene rings is 1. The summed E-state index contributed by atoms with van der Waals surface area (Å²) in [6, 6.07) is 7.59. The fraction of sp³-hybridized carbons (Fsp3) is 0.522. The van der Waals surface area contributed by atoms with Gasteiger partial charge in [-0.25, -0.2) is 4.68 Å². The van der Waals surface area contributed by atoms with Crippen molar-refractivity contribution in [2.75, 3.05) is 26.2 Å². The average Bonchev–Trinajstić information content (AvgIpc) is 3.06. The number of carbonyl (C=O) groups excluding carboxylic acids is 2. The summed E-state index contributed by atoms with van der Waals surface area (Å²) < 4.78 is 1.85. The average molecular weight is 431 g/mol. The third kappa shape index (κ3) is 4.53. The quantitative estimate of drug-likeness (QED) is 0.715. The molecule has 0 spiro atoms. The molecule has 6 nitrogen and oxygen atoms in total. The predicted octanol–water partition coefficient (Wildman–Crippen LogP) is 4.15. The van der Waals surface area contributed by atoms with E-state index < -0.39 is 0 Å². The van der Waals surface area contributed by atoms with Gasteiger partial charge in [-0.1, -0.05) is 51.4 Å². The van der Waals surface area contributed by atoms with Crippen LogP contribution in [-0.4, -0.2) is 57.6 Å². The summed E-state index contributed by atoms with van der Waals surface area (Å²) in [5, 5.41) is 5.49. The number of piperazine rings is 1. The van der Waals surface area contributed by atoms with Crippen molar-refractivity contribution in [3.8, 4) is 5.69 Å². The summed E-state index contributed by atoms with van der Waals surface area (Å²) in [5.74, 6) is 0.501. The third-order valence-electron chi connectivity index (χ3n) is 5.45. The first kappa shape index (κ1) is 22.3. The number of rotatable bonds is 5. The minimum absolute atomic E-state index is 0.00384. The predicted molar refractivity (Wildman–Crippen MR) is 119 cm³/mol. The van der Waals surface area contributed by atoms with Crippen LogP contribution in [0.2, 0.25) is 5.02 Å². The molecule has 2 aromatic rings. The summed E-state index contributed by atoms with van der Waals surface area (Å²) in [7, 11) is 0. The van der Waals surface area contributed by atoms with E-state index in [-0.39, 0.29) is 17.7 Å². The number of halogens is 1. The fourth-order valence-electron chi connectivity index (χ4n) is 3.96. The zero-order chi connectivity index (χ0) is 22.0. The second-order valence-corrected chi connectivity index (χ2v) is 9.03. The highest BCUT2D eigenvalue weighted by Gasteiger charge is 2.32. The lowest BCUT2D eigenvalue weighted by atomic mass is 9.97. The first-order valence-corrected chi connectivity index (χ1v) is 11.0. The van der Waals surface area contributed by atoms with Crippen molar-refractivity contribution in [3.05, 3.63) is 46.2 Å². The molecule has 1 aliphatic heterocycles. The van der Waals surface area contributed by atoms with E-state index in [2.05, 4.69) is 27.7 Å². The molecule has 0 bridgehead atoms. The second-order valence-electron chi connectivity index (χ2n) is 8.62. The molecule has 1 aromatic carbocycles. The molecule has 1 fully saturated rings. The van der Waals surface area contributed by atoms with Gasteiger partial charge in [-0.2, -0.15) is 5.10 Å². The van der Waals surface area contributed by atoms with Crippen LogP contribution < -0.4 is 0 Å². The van der Waals surface area contributed by atoms with Crippen LogP contribution in [0.5, 0.6) is 0 Å². The number of aromatic nitrogens is 2. The van der Waals surface area contributed by atoms with Gasteiger partial charge in [0.1, 0.15) is 0 Å². The van der Waals surface area contributed by atoms with Crippen LogP contribution in [-0.2, 0) is 11.2 Å². The molecule has 162 valence electrons. The Morgan fingerprint density at radius 3 is 2.17 bits per heavy atom. The molecule has 0 unspecified atom stereocenters. The Balaban J connectivity index is 2.07. The molecule has 0 radical (unpaired) electrons. The maximum atomic E-state index is 13.7. The van der Waals surface area contributed by atoms with Gasteiger partial charge in [0, 0.05) is 33.1 Å². The van der Waals surface area contributed by atoms with Crippen LogP contribution in [0.1, 0.15) is 62.3 Å². The molecule has 2 amide bonds. The number of amides is 2. The zero-order valence-corrected chi connectivity index (χ0v) is 19.2. The lowest BCUT2D eigenvalue weighted by Crippen LogP contribution is -2.50. The molecule has 3 rings (SSSR count). The summed E-state index contributed by atoms with van der Waals surface area (Å²) in [5.41, 5.74) is 3.17. The fourth-order valence-corrected chi connectivity index (χ4v) is 4.18. The van der Waals surface area contributed by atoms with Gasteiger partial charge in [-0.05, 0) is 30.4 Å². The molecular formula is C23H31ClN4O2. The van der Waals surface area contributed by atoms with E-state index in [9.17, 15) is 9.59 Å². The van der Waals surface area contributed by atoms with Crippen LogP contribution in [0.15, 0.2) is 24.3 Å². The van der Waals surface area contributed by atoms with E-state index in [1.807, 2.05) is 33.8 Å². The molecule has 1 aromatic heterocycles. The van der Waals surface area contributed by atoms with Gasteiger partial charge in [0.2, 0.25) is 5.91 Å². The number of hydrogen-bond acceptors (Lipinski definition) is 3. The van der Waals surface area contributed by atoms with Gasteiger partial charge in [0.05, 0.1) is 27.7 Å². The minimum Gasteiger partial charge on any atom is -0.339 e. The van der Waals surface area contributed by atoms with Crippen LogP contribution in [0.3, 0.4) is 0 Å². The molecular weight excluding hydrogens is 400 g/mol. The molecule has 2 heterocycles. The van der Waals surface area contributed by atoms with Crippen molar-refractivity contribution in [2.24, 2.45) is 5.92 Å². The molecule has 30 heavy (non-hydrogen) atoms. The molecule has 0 saturated carbocycles. The van der Waals surface area contributed by atoms with Crippen LogP contribution in [0, 0.1) is 5.92 Å². The van der Waals surface area contributed by atoms with E-state index >= 15 is 0 Å². The summed E-state index contributed by atoms with van der Waals surface area (Å²) in [6.45, 7) is 12.2. The second kappa shape index (κ2) is 9.21. The normalized spacial score (nSPS) is 14.7. The topological polar surface area (TPSA) is 58.4 Å². The van der Waals surface area contributed by atoms with E-state index in [4.69, 9.17) is 16.7 Å². The monoisotopic (exact) mass is 430 g/mol. The maximum absolute atomic E-state index is 13.7. The summed E-state index contributed by atoms with van der Waals surface area (Å²) in [4.78, 5) is 29.0. The highest BCUT2D eigenvalue weighted by Crippen LogP contribution is 2.31. The molecule has 7 heteroatoms. The van der Waals surface area contributed by atoms with Gasteiger partial charge in [-0.3, -0.25) is 9.59 Å². The van der Waals surface area contributed by atoms with E-state index in [1.54, 1.807) is 11.8 Å². The van der Waals surface area contributed by atoms with Crippen molar-refractivity contribution in [1.82, 2.24) is 19.6 Å². The minimum atomic E-state index is -0.00384. The largest absolute Gasteiger partial charge is 0.339 e. The molecule has 0 atom stereocenters. The molecule has 1 saturated heterocycles. The van der Waals surface area contributed by atoms with Gasteiger partial charge in [0.25, 0.3) is 5.91 Å². The smallest absolute Gasteiger partial charge is 0.257 e. The molecule has 1 aliphatic rings. The highest BCUT2D eigenvalue weighted by molar-refractivity contribution is 6.32. The zero-order valence-electron chi connectivity index (χ0n) is 18.5. The molecule has 0 N–H and O–H groups in total. The van der Waals surface area contributed by atoms with Crippen LogP contribution in [0.25, 0.3) is 5.69 Å². The van der Waals surface area contributed by atoms with Crippen molar-refractivity contribution >= 4 is 23.4 Å². The summed E-state index contributed by atoms with van der Waals surface area (Å²) in [6.07, 6.45) is 0.714. The van der Waals surface area contributed by atoms with Crippen molar-refractivity contribution in [3.63, 3.8) is 0 Å².